The Balaban J connectivity index is 2.06. The van der Waals surface area contributed by atoms with Crippen LogP contribution in [0.2, 0.25) is 0 Å². The first kappa shape index (κ1) is 20.3. The molecular weight excluding hydrogens is 372 g/mol. The SMILES string of the molecule is COC(=O)C1=C(C)N(C)C(=O)N[C@@H]1c1cccc(OC)c1OCc1ccccc1. The molecule has 1 aliphatic heterocycles. The number of para-hydroxylation sites is 1. The summed E-state index contributed by atoms with van der Waals surface area (Å²) in [7, 11) is 4.46. The molecule has 152 valence electrons. The van der Waals surface area contributed by atoms with E-state index in [9.17, 15) is 9.59 Å². The van der Waals surface area contributed by atoms with Crippen LogP contribution >= 0.6 is 0 Å². The highest BCUT2D eigenvalue weighted by molar-refractivity contribution is 5.95. The molecule has 0 aromatic heterocycles. The van der Waals surface area contributed by atoms with Crippen molar-refractivity contribution in [3.8, 4) is 11.5 Å². The van der Waals surface area contributed by atoms with Crippen molar-refractivity contribution in [3.63, 3.8) is 0 Å². The number of hydrogen-bond donors (Lipinski definition) is 1. The van der Waals surface area contributed by atoms with Crippen LogP contribution in [0.1, 0.15) is 24.1 Å². The van der Waals surface area contributed by atoms with Crippen LogP contribution < -0.4 is 14.8 Å². The van der Waals surface area contributed by atoms with Crippen molar-refractivity contribution in [2.24, 2.45) is 0 Å². The molecule has 0 aliphatic carbocycles. The van der Waals surface area contributed by atoms with Crippen molar-refractivity contribution in [2.75, 3.05) is 21.3 Å². The molecule has 7 nitrogen and oxygen atoms in total. The number of hydrogen-bond acceptors (Lipinski definition) is 5. The lowest BCUT2D eigenvalue weighted by atomic mass is 9.94. The number of nitrogens with zero attached hydrogens (tertiary/aromatic N) is 1. The third-order valence-electron chi connectivity index (χ3n) is 4.93. The minimum absolute atomic E-state index is 0.311. The van der Waals surface area contributed by atoms with E-state index in [1.807, 2.05) is 30.3 Å². The van der Waals surface area contributed by atoms with Gasteiger partial charge in [0.1, 0.15) is 6.61 Å². The largest absolute Gasteiger partial charge is 0.493 e. The van der Waals surface area contributed by atoms with Gasteiger partial charge in [-0.15, -0.1) is 0 Å². The van der Waals surface area contributed by atoms with Crippen molar-refractivity contribution in [1.29, 1.82) is 0 Å². The summed E-state index contributed by atoms with van der Waals surface area (Å²) in [5.74, 6) is 0.451. The van der Waals surface area contributed by atoms with Gasteiger partial charge in [0.2, 0.25) is 0 Å². The van der Waals surface area contributed by atoms with E-state index >= 15 is 0 Å². The number of allylic oxidation sites excluding steroid dienone is 1. The van der Waals surface area contributed by atoms with Gasteiger partial charge in [-0.3, -0.25) is 0 Å². The summed E-state index contributed by atoms with van der Waals surface area (Å²) in [5.41, 5.74) is 2.45. The van der Waals surface area contributed by atoms with Gasteiger partial charge in [0.25, 0.3) is 0 Å². The number of carbonyl (C=O) groups is 2. The van der Waals surface area contributed by atoms with Crippen LogP contribution in [0.5, 0.6) is 11.5 Å². The number of methoxy groups -OCH3 is 2. The maximum absolute atomic E-state index is 12.5. The Bertz CT molecular complexity index is 939. The van der Waals surface area contributed by atoms with Crippen LogP contribution in [0.25, 0.3) is 0 Å². The molecule has 1 aliphatic rings. The Hall–Kier alpha value is -3.48. The van der Waals surface area contributed by atoms with Gasteiger partial charge < -0.3 is 24.4 Å². The first-order chi connectivity index (χ1) is 14.0. The molecule has 0 spiro atoms. The Kier molecular flexibility index (Phi) is 6.07. The minimum atomic E-state index is -0.730. The average Bonchev–Trinajstić information content (AvgIpc) is 2.75. The van der Waals surface area contributed by atoms with Crippen LogP contribution in [0, 0.1) is 0 Å². The fraction of sp³-hybridized carbons (Fsp3) is 0.273. The summed E-state index contributed by atoms with van der Waals surface area (Å²) in [5, 5.41) is 2.86. The predicted octanol–water partition coefficient (Wildman–Crippen LogP) is 3.42. The van der Waals surface area contributed by atoms with Gasteiger partial charge in [0.05, 0.1) is 25.8 Å². The van der Waals surface area contributed by atoms with Crippen LogP contribution in [-0.4, -0.2) is 38.2 Å². The van der Waals surface area contributed by atoms with Crippen molar-refractivity contribution in [1.82, 2.24) is 10.2 Å². The molecule has 1 N–H and O–H groups in total. The van der Waals surface area contributed by atoms with Gasteiger partial charge in [-0.25, -0.2) is 9.59 Å². The van der Waals surface area contributed by atoms with Crippen LogP contribution in [0.4, 0.5) is 4.79 Å². The van der Waals surface area contributed by atoms with Crippen molar-refractivity contribution in [2.45, 2.75) is 19.6 Å². The molecule has 1 atom stereocenters. The fourth-order valence-corrected chi connectivity index (χ4v) is 3.25. The van der Waals surface area contributed by atoms with E-state index in [0.29, 0.717) is 34.9 Å². The number of nitrogens with one attached hydrogen (secondary N) is 1. The zero-order valence-electron chi connectivity index (χ0n) is 16.9. The van der Waals surface area contributed by atoms with Gasteiger partial charge in [0, 0.05) is 18.3 Å². The monoisotopic (exact) mass is 396 g/mol. The Morgan fingerprint density at radius 2 is 1.83 bits per heavy atom. The molecule has 7 heteroatoms. The number of benzene rings is 2. The number of carbonyl (C=O) groups excluding carboxylic acids is 2. The van der Waals surface area contributed by atoms with Gasteiger partial charge in [-0.1, -0.05) is 42.5 Å². The van der Waals surface area contributed by atoms with Crippen LogP contribution in [0.3, 0.4) is 0 Å². The lowest BCUT2D eigenvalue weighted by molar-refractivity contribution is -0.136. The standard InChI is InChI=1S/C22H24N2O5/c1-14-18(21(25)28-4)19(23-22(26)24(14)2)16-11-8-12-17(27-3)20(16)29-13-15-9-6-5-7-10-15/h5-12,19H,13H2,1-4H3,(H,23,26)/t19-/m1/s1. The van der Waals surface area contributed by atoms with E-state index in [4.69, 9.17) is 14.2 Å². The highest BCUT2D eigenvalue weighted by atomic mass is 16.5. The first-order valence-electron chi connectivity index (χ1n) is 9.14. The number of rotatable bonds is 6. The molecular formula is C22H24N2O5. The number of urea groups is 1. The van der Waals surface area contributed by atoms with E-state index in [1.165, 1.54) is 12.0 Å². The molecule has 0 radical (unpaired) electrons. The molecule has 29 heavy (non-hydrogen) atoms. The zero-order chi connectivity index (χ0) is 21.0. The van der Waals surface area contributed by atoms with Crippen molar-refractivity contribution in [3.05, 3.63) is 70.9 Å². The fourth-order valence-electron chi connectivity index (χ4n) is 3.25. The molecule has 2 aromatic rings. The summed E-state index contributed by atoms with van der Waals surface area (Å²) < 4.78 is 16.5. The average molecular weight is 396 g/mol. The smallest absolute Gasteiger partial charge is 0.337 e. The molecule has 0 saturated heterocycles. The molecule has 2 aromatic carbocycles. The van der Waals surface area contributed by atoms with Crippen LogP contribution in [0.15, 0.2) is 59.8 Å². The molecule has 0 unspecified atom stereocenters. The summed E-state index contributed by atoms with van der Waals surface area (Å²) in [6.07, 6.45) is 0. The van der Waals surface area contributed by atoms with Crippen molar-refractivity contribution >= 4 is 12.0 Å². The third-order valence-corrected chi connectivity index (χ3v) is 4.93. The topological polar surface area (TPSA) is 77.1 Å². The predicted molar refractivity (Wildman–Crippen MR) is 108 cm³/mol. The molecule has 2 amide bonds. The van der Waals surface area contributed by atoms with E-state index in [0.717, 1.165) is 5.56 Å². The molecule has 3 rings (SSSR count). The van der Waals surface area contributed by atoms with Crippen molar-refractivity contribution < 1.29 is 23.8 Å². The minimum Gasteiger partial charge on any atom is -0.493 e. The summed E-state index contributed by atoms with van der Waals surface area (Å²) >= 11 is 0. The van der Waals surface area contributed by atoms with E-state index in [2.05, 4.69) is 5.32 Å². The maximum atomic E-state index is 12.5. The molecule has 0 fully saturated rings. The second-order valence-corrected chi connectivity index (χ2v) is 6.59. The first-order valence-corrected chi connectivity index (χ1v) is 9.14. The second-order valence-electron chi connectivity index (χ2n) is 6.59. The normalized spacial score (nSPS) is 16.3. The highest BCUT2D eigenvalue weighted by Crippen LogP contribution is 2.40. The second kappa shape index (κ2) is 8.68. The lowest BCUT2D eigenvalue weighted by Crippen LogP contribution is -2.46. The van der Waals surface area contributed by atoms with E-state index < -0.39 is 12.0 Å². The van der Waals surface area contributed by atoms with E-state index in [1.54, 1.807) is 39.3 Å². The molecule has 0 bridgehead atoms. The highest BCUT2D eigenvalue weighted by Gasteiger charge is 2.36. The Labute approximate surface area is 169 Å². The Morgan fingerprint density at radius 3 is 2.48 bits per heavy atom. The number of ether oxygens (including phenoxy) is 3. The number of esters is 1. The summed E-state index contributed by atoms with van der Waals surface area (Å²) in [6.45, 7) is 2.02. The van der Waals surface area contributed by atoms with Gasteiger partial charge in [0.15, 0.2) is 11.5 Å². The van der Waals surface area contributed by atoms with E-state index in [-0.39, 0.29) is 6.03 Å². The maximum Gasteiger partial charge on any atom is 0.337 e. The third kappa shape index (κ3) is 4.03. The van der Waals surface area contributed by atoms with Crippen LogP contribution in [-0.2, 0) is 16.1 Å². The molecule has 1 heterocycles. The Morgan fingerprint density at radius 1 is 1.10 bits per heavy atom. The van der Waals surface area contributed by atoms with Gasteiger partial charge in [-0.2, -0.15) is 0 Å². The van der Waals surface area contributed by atoms with Gasteiger partial charge >= 0.3 is 12.0 Å². The summed E-state index contributed by atoms with van der Waals surface area (Å²) in [4.78, 5) is 26.4. The molecule has 0 saturated carbocycles. The quantitative estimate of drug-likeness (QED) is 0.757. The summed E-state index contributed by atoms with van der Waals surface area (Å²) in [6, 6.07) is 14.0. The zero-order valence-corrected chi connectivity index (χ0v) is 16.9. The van der Waals surface area contributed by atoms with Gasteiger partial charge in [-0.05, 0) is 18.6 Å². The number of amides is 2. The lowest BCUT2D eigenvalue weighted by Gasteiger charge is -2.33.